The molecule has 0 unspecified atom stereocenters. The van der Waals surface area contributed by atoms with E-state index in [-0.39, 0.29) is 92.7 Å². The minimum absolute atomic E-state index is 0. The van der Waals surface area contributed by atoms with Gasteiger partial charge in [-0.3, -0.25) is 0 Å². The van der Waals surface area contributed by atoms with Gasteiger partial charge in [-0.1, -0.05) is 0 Å². The molecular formula is BaCoS2. The Kier molecular flexibility index (Phi) is 125. The Balaban J connectivity index is 0. The van der Waals surface area contributed by atoms with Crippen LogP contribution in [0.5, 0.6) is 0 Å². The molecule has 4 heteroatoms. The molecule has 0 rings (SSSR count). The molecule has 0 aliphatic heterocycles. The van der Waals surface area contributed by atoms with Gasteiger partial charge in [0, 0.05) is 0 Å². The quantitative estimate of drug-likeness (QED) is 0.521. The summed E-state index contributed by atoms with van der Waals surface area (Å²) in [6, 6.07) is 0. The predicted molar refractivity (Wildman–Crippen MR) is 20.5 cm³/mol. The van der Waals surface area contributed by atoms with Crippen LogP contribution in [0.1, 0.15) is 0 Å². The average Bonchev–Trinajstić information content (AvgIpc) is 0. The molecule has 0 bridgehead atoms. The van der Waals surface area contributed by atoms with Crippen LogP contribution in [0.4, 0.5) is 0 Å². The summed E-state index contributed by atoms with van der Waals surface area (Å²) in [5.74, 6) is 0. The SMILES string of the molecule is [Ba+2].[Co+2].[S-2].[S-2]. The number of hydrogen-bond acceptors (Lipinski definition) is 0. The van der Waals surface area contributed by atoms with Crippen molar-refractivity contribution >= 4 is 75.9 Å². The van der Waals surface area contributed by atoms with E-state index in [0.29, 0.717) is 0 Å². The molecule has 0 nitrogen and oxygen atoms in total. The van der Waals surface area contributed by atoms with Gasteiger partial charge < -0.3 is 27.0 Å². The van der Waals surface area contributed by atoms with Gasteiger partial charge in [0.25, 0.3) is 0 Å². The maximum atomic E-state index is 0. The first-order valence-corrected chi connectivity index (χ1v) is 0. The van der Waals surface area contributed by atoms with Crippen LogP contribution in [0.2, 0.25) is 0 Å². The summed E-state index contributed by atoms with van der Waals surface area (Å²) in [5, 5.41) is 0. The van der Waals surface area contributed by atoms with E-state index in [9.17, 15) is 0 Å². The van der Waals surface area contributed by atoms with Crippen molar-refractivity contribution in [1.82, 2.24) is 0 Å². The molecule has 0 N–H and O–H groups in total. The van der Waals surface area contributed by atoms with E-state index in [2.05, 4.69) is 0 Å². The molecule has 0 amide bonds. The molecule has 4 heavy (non-hydrogen) atoms. The molecule has 0 aliphatic rings. The zero-order valence-corrected chi connectivity index (χ0v) is 8.97. The van der Waals surface area contributed by atoms with E-state index in [1.807, 2.05) is 0 Å². The first-order chi connectivity index (χ1) is 0. The third-order valence-corrected chi connectivity index (χ3v) is 0. The molecule has 23 valence electrons. The minimum Gasteiger partial charge on any atom is -2.00 e. The van der Waals surface area contributed by atoms with Gasteiger partial charge in [0.15, 0.2) is 0 Å². The summed E-state index contributed by atoms with van der Waals surface area (Å²) in [5.41, 5.74) is 0. The summed E-state index contributed by atoms with van der Waals surface area (Å²) in [4.78, 5) is 0. The van der Waals surface area contributed by atoms with Crippen molar-refractivity contribution in [2.75, 3.05) is 0 Å². The van der Waals surface area contributed by atoms with Crippen LogP contribution >= 0.6 is 0 Å². The Hall–Kier alpha value is 2.78. The Morgan fingerprint density at radius 1 is 0.750 bits per heavy atom. The molecule has 0 saturated heterocycles. The molecule has 0 spiro atoms. The van der Waals surface area contributed by atoms with Crippen molar-refractivity contribution in [3.63, 3.8) is 0 Å². The van der Waals surface area contributed by atoms with E-state index in [0.717, 1.165) is 0 Å². The maximum Gasteiger partial charge on any atom is 2.00 e. The van der Waals surface area contributed by atoms with E-state index >= 15 is 0 Å². The largest absolute Gasteiger partial charge is 2.00 e. The van der Waals surface area contributed by atoms with Crippen molar-refractivity contribution < 1.29 is 16.8 Å². The van der Waals surface area contributed by atoms with Gasteiger partial charge in [0.05, 0.1) is 0 Å². The zero-order chi connectivity index (χ0) is 0. The zero-order valence-electron chi connectivity index (χ0n) is 1.86. The molecule has 0 saturated carbocycles. The maximum absolute atomic E-state index is 0. The third kappa shape index (κ3) is 8.84. The van der Waals surface area contributed by atoms with Crippen LogP contribution in [0, 0.1) is 0 Å². The average molecular weight is 260 g/mol. The van der Waals surface area contributed by atoms with Crippen molar-refractivity contribution in [2.45, 2.75) is 0 Å². The number of hydrogen-bond donors (Lipinski definition) is 0. The minimum atomic E-state index is 0. The van der Waals surface area contributed by atoms with Crippen molar-refractivity contribution in [2.24, 2.45) is 0 Å². The third-order valence-electron chi connectivity index (χ3n) is 0. The number of rotatable bonds is 0. The van der Waals surface area contributed by atoms with Gasteiger partial charge in [-0.25, -0.2) is 0 Å². The van der Waals surface area contributed by atoms with E-state index in [4.69, 9.17) is 0 Å². The van der Waals surface area contributed by atoms with Crippen molar-refractivity contribution in [3.8, 4) is 0 Å². The molecule has 1 radical (unpaired) electrons. The fraction of sp³-hybridized carbons (Fsp3) is 0. The molecule has 0 heterocycles. The Morgan fingerprint density at radius 3 is 0.750 bits per heavy atom. The van der Waals surface area contributed by atoms with Crippen LogP contribution < -0.4 is 0 Å². The van der Waals surface area contributed by atoms with Crippen LogP contribution in [0.15, 0.2) is 0 Å². The Morgan fingerprint density at radius 2 is 0.750 bits per heavy atom. The smallest absolute Gasteiger partial charge is 2.00 e. The molecule has 0 aliphatic carbocycles. The molecule has 0 aromatic heterocycles. The van der Waals surface area contributed by atoms with E-state index < -0.39 is 0 Å². The van der Waals surface area contributed by atoms with Gasteiger partial charge in [-0.2, -0.15) is 0 Å². The van der Waals surface area contributed by atoms with Gasteiger partial charge in [-0.05, 0) is 0 Å². The van der Waals surface area contributed by atoms with Crippen molar-refractivity contribution in [1.29, 1.82) is 0 Å². The summed E-state index contributed by atoms with van der Waals surface area (Å²) < 4.78 is 0. The molecule has 0 aromatic rings. The van der Waals surface area contributed by atoms with Crippen LogP contribution in [0.25, 0.3) is 0 Å². The van der Waals surface area contributed by atoms with Gasteiger partial charge in [0.2, 0.25) is 0 Å². The summed E-state index contributed by atoms with van der Waals surface area (Å²) >= 11 is 0. The van der Waals surface area contributed by atoms with Crippen LogP contribution in [0.3, 0.4) is 0 Å². The molecule has 0 atom stereocenters. The Bertz CT molecular complexity index is 6.00. The van der Waals surface area contributed by atoms with Crippen LogP contribution in [-0.2, 0) is 43.8 Å². The van der Waals surface area contributed by atoms with E-state index in [1.165, 1.54) is 0 Å². The monoisotopic (exact) mass is 261 g/mol. The first-order valence-electron chi connectivity index (χ1n) is 0. The summed E-state index contributed by atoms with van der Waals surface area (Å²) in [7, 11) is 0. The van der Waals surface area contributed by atoms with Gasteiger partial charge >= 0.3 is 65.7 Å². The standard InChI is InChI=1S/Ba.Co.2S/q2*+2;2*-2. The molecule has 0 fully saturated rings. The van der Waals surface area contributed by atoms with Crippen molar-refractivity contribution in [3.05, 3.63) is 0 Å². The fourth-order valence-corrected chi connectivity index (χ4v) is 0. The summed E-state index contributed by atoms with van der Waals surface area (Å²) in [6.07, 6.45) is 0. The molecular weight excluding hydrogens is 260 g/mol. The second-order valence-electron chi connectivity index (χ2n) is 0. The second-order valence-corrected chi connectivity index (χ2v) is 0. The molecule has 0 aromatic carbocycles. The first kappa shape index (κ1) is 29.3. The fourth-order valence-electron chi connectivity index (χ4n) is 0. The van der Waals surface area contributed by atoms with Crippen LogP contribution in [-0.4, -0.2) is 48.9 Å². The Labute approximate surface area is 90.7 Å². The normalized spacial score (nSPS) is 0. The topological polar surface area (TPSA) is 0 Å². The van der Waals surface area contributed by atoms with E-state index in [1.54, 1.807) is 0 Å². The van der Waals surface area contributed by atoms with Gasteiger partial charge in [0.1, 0.15) is 0 Å². The second kappa shape index (κ2) is 17.1. The summed E-state index contributed by atoms with van der Waals surface area (Å²) in [6.45, 7) is 0. The predicted octanol–water partition coefficient (Wildman–Crippen LogP) is -0.388. The van der Waals surface area contributed by atoms with Gasteiger partial charge in [-0.15, -0.1) is 0 Å².